The van der Waals surface area contributed by atoms with Gasteiger partial charge in [0.15, 0.2) is 0 Å². The van der Waals surface area contributed by atoms with E-state index in [1.807, 2.05) is 0 Å². The maximum absolute atomic E-state index is 11.8. The Balaban J connectivity index is 4.71. The number of rotatable bonds is 7. The molecule has 0 aromatic heterocycles. The monoisotopic (exact) mass is 246 g/mol. The van der Waals surface area contributed by atoms with E-state index in [1.165, 1.54) is 14.0 Å². The SMILES string of the molecule is CCC(C)(OC)C(=O)N[C@@H](CC(N)=O)C(=O)O. The number of amides is 2. The molecule has 0 aliphatic carbocycles. The molecule has 17 heavy (non-hydrogen) atoms. The first-order valence-electron chi connectivity index (χ1n) is 5.14. The van der Waals surface area contributed by atoms with E-state index in [4.69, 9.17) is 15.6 Å². The Labute approximate surface area is 99.3 Å². The summed E-state index contributed by atoms with van der Waals surface area (Å²) in [6, 6.07) is -1.33. The van der Waals surface area contributed by atoms with Crippen LogP contribution in [0.1, 0.15) is 26.7 Å². The molecule has 4 N–H and O–H groups in total. The lowest BCUT2D eigenvalue weighted by molar-refractivity contribution is -0.149. The lowest BCUT2D eigenvalue weighted by atomic mass is 10.0. The number of methoxy groups -OCH3 is 1. The van der Waals surface area contributed by atoms with E-state index in [0.717, 1.165) is 0 Å². The summed E-state index contributed by atoms with van der Waals surface area (Å²) in [5.74, 6) is -2.70. The van der Waals surface area contributed by atoms with Crippen molar-refractivity contribution in [2.24, 2.45) is 5.73 Å². The van der Waals surface area contributed by atoms with Crippen molar-refractivity contribution in [3.05, 3.63) is 0 Å². The molecule has 0 saturated carbocycles. The molecule has 0 aliphatic heterocycles. The third-order valence-electron chi connectivity index (χ3n) is 2.61. The summed E-state index contributed by atoms with van der Waals surface area (Å²) in [6.07, 6.45) is -0.0805. The van der Waals surface area contributed by atoms with Gasteiger partial charge in [0.25, 0.3) is 5.91 Å². The van der Waals surface area contributed by atoms with Gasteiger partial charge < -0.3 is 20.9 Å². The van der Waals surface area contributed by atoms with Crippen LogP contribution in [0.2, 0.25) is 0 Å². The van der Waals surface area contributed by atoms with Crippen molar-refractivity contribution in [3.63, 3.8) is 0 Å². The van der Waals surface area contributed by atoms with Crippen molar-refractivity contribution in [2.45, 2.75) is 38.3 Å². The van der Waals surface area contributed by atoms with Crippen LogP contribution in [0.25, 0.3) is 0 Å². The zero-order valence-electron chi connectivity index (χ0n) is 10.1. The van der Waals surface area contributed by atoms with Crippen LogP contribution in [0.15, 0.2) is 0 Å². The number of hydrogen-bond donors (Lipinski definition) is 3. The topological polar surface area (TPSA) is 119 Å². The van der Waals surface area contributed by atoms with Crippen LogP contribution in [0, 0.1) is 0 Å². The van der Waals surface area contributed by atoms with Gasteiger partial charge in [-0.25, -0.2) is 4.79 Å². The summed E-state index contributed by atoms with van der Waals surface area (Å²) < 4.78 is 5.01. The Hall–Kier alpha value is -1.63. The summed E-state index contributed by atoms with van der Waals surface area (Å²) >= 11 is 0. The van der Waals surface area contributed by atoms with Crippen molar-refractivity contribution >= 4 is 17.8 Å². The van der Waals surface area contributed by atoms with E-state index in [1.54, 1.807) is 6.92 Å². The second kappa shape index (κ2) is 6.19. The molecule has 0 bridgehead atoms. The molecule has 2 atom stereocenters. The van der Waals surface area contributed by atoms with Crippen LogP contribution in [-0.4, -0.2) is 41.6 Å². The maximum atomic E-state index is 11.8. The number of ether oxygens (including phenoxy) is 1. The number of carbonyl (C=O) groups is 3. The molecule has 7 nitrogen and oxygen atoms in total. The minimum atomic E-state index is -1.33. The Morgan fingerprint density at radius 3 is 2.29 bits per heavy atom. The first-order chi connectivity index (χ1) is 7.76. The lowest BCUT2D eigenvalue weighted by Crippen LogP contribution is -2.52. The van der Waals surface area contributed by atoms with Gasteiger partial charge in [-0.1, -0.05) is 6.92 Å². The predicted molar refractivity (Wildman–Crippen MR) is 59.1 cm³/mol. The van der Waals surface area contributed by atoms with E-state index in [9.17, 15) is 14.4 Å². The average Bonchev–Trinajstić information content (AvgIpc) is 2.26. The quantitative estimate of drug-likeness (QED) is 0.546. The summed E-state index contributed by atoms with van der Waals surface area (Å²) in [4.78, 5) is 33.2. The fourth-order valence-corrected chi connectivity index (χ4v) is 1.11. The first-order valence-corrected chi connectivity index (χ1v) is 5.14. The molecule has 0 aromatic rings. The molecule has 0 saturated heterocycles. The zero-order valence-corrected chi connectivity index (χ0v) is 10.1. The van der Waals surface area contributed by atoms with Gasteiger partial charge in [0.05, 0.1) is 6.42 Å². The van der Waals surface area contributed by atoms with Gasteiger partial charge in [0.1, 0.15) is 11.6 Å². The van der Waals surface area contributed by atoms with Crippen molar-refractivity contribution in [1.29, 1.82) is 0 Å². The molecule has 98 valence electrons. The molecule has 0 spiro atoms. The highest BCUT2D eigenvalue weighted by molar-refractivity contribution is 5.91. The number of aliphatic carboxylic acids is 1. The molecular formula is C10H18N2O5. The van der Waals surface area contributed by atoms with E-state index >= 15 is 0 Å². The Morgan fingerprint density at radius 2 is 2.00 bits per heavy atom. The highest BCUT2D eigenvalue weighted by Crippen LogP contribution is 2.14. The van der Waals surface area contributed by atoms with Crippen molar-refractivity contribution in [2.75, 3.05) is 7.11 Å². The number of nitrogens with one attached hydrogen (secondary N) is 1. The number of hydrogen-bond acceptors (Lipinski definition) is 4. The van der Waals surface area contributed by atoms with Crippen LogP contribution >= 0.6 is 0 Å². The molecule has 0 fully saturated rings. The van der Waals surface area contributed by atoms with Gasteiger partial charge in [-0.3, -0.25) is 9.59 Å². The van der Waals surface area contributed by atoms with Crippen molar-refractivity contribution in [3.8, 4) is 0 Å². The molecule has 0 rings (SSSR count). The van der Waals surface area contributed by atoms with Gasteiger partial charge in [-0.05, 0) is 13.3 Å². The van der Waals surface area contributed by atoms with E-state index < -0.39 is 35.8 Å². The standard InChI is InChI=1S/C10H18N2O5/c1-4-10(2,17-3)9(16)12-6(8(14)15)5-7(11)13/h6H,4-5H2,1-3H3,(H2,11,13)(H,12,16)(H,14,15)/t6-,10?/m0/s1. The number of carbonyl (C=O) groups excluding carboxylic acids is 2. The second-order valence-electron chi connectivity index (χ2n) is 3.82. The third kappa shape index (κ3) is 4.39. The van der Waals surface area contributed by atoms with E-state index in [2.05, 4.69) is 5.32 Å². The van der Waals surface area contributed by atoms with Gasteiger partial charge >= 0.3 is 5.97 Å². The highest BCUT2D eigenvalue weighted by atomic mass is 16.5. The van der Waals surface area contributed by atoms with Crippen LogP contribution in [0.4, 0.5) is 0 Å². The molecule has 0 heterocycles. The van der Waals surface area contributed by atoms with Crippen molar-refractivity contribution < 1.29 is 24.2 Å². The fraction of sp³-hybridized carbons (Fsp3) is 0.700. The van der Waals surface area contributed by atoms with Crippen LogP contribution < -0.4 is 11.1 Å². The van der Waals surface area contributed by atoms with Crippen LogP contribution in [0.3, 0.4) is 0 Å². The van der Waals surface area contributed by atoms with Crippen LogP contribution in [0.5, 0.6) is 0 Å². The lowest BCUT2D eigenvalue weighted by Gasteiger charge is -2.26. The fourth-order valence-electron chi connectivity index (χ4n) is 1.11. The van der Waals surface area contributed by atoms with E-state index in [0.29, 0.717) is 6.42 Å². The first kappa shape index (κ1) is 15.4. The number of primary amides is 1. The summed E-state index contributed by atoms with van der Waals surface area (Å²) in [7, 11) is 1.35. The molecule has 0 radical (unpaired) electrons. The summed E-state index contributed by atoms with van der Waals surface area (Å²) in [5, 5.41) is 11.0. The molecule has 2 amide bonds. The van der Waals surface area contributed by atoms with Crippen molar-refractivity contribution in [1.82, 2.24) is 5.32 Å². The average molecular weight is 246 g/mol. The smallest absolute Gasteiger partial charge is 0.326 e. The molecule has 0 aromatic carbocycles. The Kier molecular flexibility index (Phi) is 5.60. The van der Waals surface area contributed by atoms with Gasteiger partial charge in [0, 0.05) is 7.11 Å². The second-order valence-corrected chi connectivity index (χ2v) is 3.82. The number of carboxylic acids is 1. The minimum Gasteiger partial charge on any atom is -0.480 e. The largest absolute Gasteiger partial charge is 0.480 e. The van der Waals surface area contributed by atoms with Crippen LogP contribution in [-0.2, 0) is 19.1 Å². The normalized spacial score (nSPS) is 15.7. The zero-order chi connectivity index (χ0) is 13.6. The van der Waals surface area contributed by atoms with Gasteiger partial charge in [-0.15, -0.1) is 0 Å². The molecule has 1 unspecified atom stereocenters. The Bertz CT molecular complexity index is 312. The van der Waals surface area contributed by atoms with Gasteiger partial charge in [0.2, 0.25) is 5.91 Å². The minimum absolute atomic E-state index is 0.373. The molecular weight excluding hydrogens is 228 g/mol. The van der Waals surface area contributed by atoms with Gasteiger partial charge in [-0.2, -0.15) is 0 Å². The molecule has 7 heteroatoms. The number of nitrogens with two attached hydrogens (primary N) is 1. The summed E-state index contributed by atoms with van der Waals surface area (Å²) in [6.45, 7) is 3.26. The highest BCUT2D eigenvalue weighted by Gasteiger charge is 2.34. The summed E-state index contributed by atoms with van der Waals surface area (Å²) in [5.41, 5.74) is 3.78. The van der Waals surface area contributed by atoms with E-state index in [-0.39, 0.29) is 0 Å². The maximum Gasteiger partial charge on any atom is 0.326 e. The molecule has 0 aliphatic rings. The number of carboxylic acid groups (broad SMARTS) is 1. The predicted octanol–water partition coefficient (Wildman–Crippen LogP) is -0.754. The Morgan fingerprint density at radius 1 is 1.47 bits per heavy atom. The third-order valence-corrected chi connectivity index (χ3v) is 2.61.